The third-order valence-corrected chi connectivity index (χ3v) is 2.90. The number of carbonyl (C=O) groups is 1. The maximum Gasteiger partial charge on any atom is 0.250 e. The molecule has 1 amide bonds. The molecule has 0 spiro atoms. The molecule has 1 fully saturated rings. The zero-order valence-corrected chi connectivity index (χ0v) is 9.58. The minimum absolute atomic E-state index is 0.256. The molecule has 1 aliphatic heterocycles. The van der Waals surface area contributed by atoms with Gasteiger partial charge in [-0.05, 0) is 31.2 Å². The van der Waals surface area contributed by atoms with Crippen LogP contribution in [0.25, 0.3) is 0 Å². The highest BCUT2D eigenvalue weighted by molar-refractivity contribution is 5.98. The molecule has 1 aliphatic rings. The number of nitrogens with one attached hydrogen (secondary N) is 1. The van der Waals surface area contributed by atoms with Crippen molar-refractivity contribution in [2.75, 3.05) is 31.1 Å². The van der Waals surface area contributed by atoms with Crippen LogP contribution >= 0.6 is 0 Å². The summed E-state index contributed by atoms with van der Waals surface area (Å²) in [6, 6.07) is 4.19. The Labute approximate surface area is 99.6 Å². The first-order valence-electron chi connectivity index (χ1n) is 5.73. The van der Waals surface area contributed by atoms with Gasteiger partial charge >= 0.3 is 0 Å². The van der Waals surface area contributed by atoms with Crippen molar-refractivity contribution < 1.29 is 9.18 Å². The van der Waals surface area contributed by atoms with Crippen LogP contribution in [0, 0.1) is 5.82 Å². The zero-order valence-electron chi connectivity index (χ0n) is 9.58. The summed E-state index contributed by atoms with van der Waals surface area (Å²) in [6.07, 6.45) is 0.996. The molecule has 1 aromatic carbocycles. The van der Waals surface area contributed by atoms with Crippen LogP contribution in [-0.2, 0) is 0 Å². The minimum Gasteiger partial charge on any atom is -0.370 e. The first-order chi connectivity index (χ1) is 8.18. The highest BCUT2D eigenvalue weighted by atomic mass is 19.1. The van der Waals surface area contributed by atoms with Crippen molar-refractivity contribution in [3.05, 3.63) is 29.6 Å². The summed E-state index contributed by atoms with van der Waals surface area (Å²) in [5, 5.41) is 3.28. The normalized spacial score (nSPS) is 16.6. The van der Waals surface area contributed by atoms with Crippen LogP contribution in [-0.4, -0.2) is 32.1 Å². The first kappa shape index (κ1) is 11.9. The number of hydrogen-bond donors (Lipinski definition) is 2. The molecule has 0 bridgehead atoms. The predicted molar refractivity (Wildman–Crippen MR) is 64.6 cm³/mol. The summed E-state index contributed by atoms with van der Waals surface area (Å²) in [7, 11) is 0. The molecule has 2 rings (SSSR count). The molecule has 92 valence electrons. The summed E-state index contributed by atoms with van der Waals surface area (Å²) < 4.78 is 13.1. The molecule has 3 N–H and O–H groups in total. The van der Waals surface area contributed by atoms with Gasteiger partial charge in [-0.15, -0.1) is 0 Å². The van der Waals surface area contributed by atoms with Crippen molar-refractivity contribution in [2.45, 2.75) is 6.42 Å². The van der Waals surface area contributed by atoms with E-state index in [0.29, 0.717) is 0 Å². The van der Waals surface area contributed by atoms with Crippen LogP contribution in [0.4, 0.5) is 10.1 Å². The van der Waals surface area contributed by atoms with E-state index in [0.717, 1.165) is 38.3 Å². The second-order valence-corrected chi connectivity index (χ2v) is 4.12. The molecular formula is C12H16FN3O. The van der Waals surface area contributed by atoms with E-state index in [9.17, 15) is 9.18 Å². The van der Waals surface area contributed by atoms with E-state index in [-0.39, 0.29) is 5.56 Å². The summed E-state index contributed by atoms with van der Waals surface area (Å²) in [4.78, 5) is 13.4. The van der Waals surface area contributed by atoms with Gasteiger partial charge in [-0.2, -0.15) is 0 Å². The van der Waals surface area contributed by atoms with Crippen molar-refractivity contribution >= 4 is 11.6 Å². The van der Waals surface area contributed by atoms with Gasteiger partial charge in [0.25, 0.3) is 5.91 Å². The van der Waals surface area contributed by atoms with E-state index in [1.54, 1.807) is 6.07 Å². The van der Waals surface area contributed by atoms with E-state index in [1.807, 2.05) is 0 Å². The number of halogens is 1. The third-order valence-electron chi connectivity index (χ3n) is 2.90. The SMILES string of the molecule is NC(=O)c1cc(F)ccc1N1CCCNCC1. The Balaban J connectivity index is 2.32. The van der Waals surface area contributed by atoms with E-state index in [4.69, 9.17) is 5.73 Å². The number of primary amides is 1. The fraction of sp³-hybridized carbons (Fsp3) is 0.417. The number of carbonyl (C=O) groups excluding carboxylic acids is 1. The van der Waals surface area contributed by atoms with Crippen molar-refractivity contribution in [1.82, 2.24) is 5.32 Å². The predicted octanol–water partition coefficient (Wildman–Crippen LogP) is 0.724. The van der Waals surface area contributed by atoms with Crippen LogP contribution in [0.5, 0.6) is 0 Å². The number of nitrogens with two attached hydrogens (primary N) is 1. The van der Waals surface area contributed by atoms with Gasteiger partial charge < -0.3 is 16.0 Å². The van der Waals surface area contributed by atoms with E-state index >= 15 is 0 Å². The second-order valence-electron chi connectivity index (χ2n) is 4.12. The van der Waals surface area contributed by atoms with E-state index in [2.05, 4.69) is 10.2 Å². The smallest absolute Gasteiger partial charge is 0.250 e. The Kier molecular flexibility index (Phi) is 3.58. The van der Waals surface area contributed by atoms with Gasteiger partial charge in [-0.1, -0.05) is 0 Å². The molecular weight excluding hydrogens is 221 g/mol. The lowest BCUT2D eigenvalue weighted by molar-refractivity contribution is 0.100. The number of amides is 1. The van der Waals surface area contributed by atoms with Crippen molar-refractivity contribution in [3.63, 3.8) is 0 Å². The van der Waals surface area contributed by atoms with Gasteiger partial charge in [0.15, 0.2) is 0 Å². The van der Waals surface area contributed by atoms with E-state index < -0.39 is 11.7 Å². The number of nitrogens with zero attached hydrogens (tertiary/aromatic N) is 1. The monoisotopic (exact) mass is 237 g/mol. The van der Waals surface area contributed by atoms with Crippen molar-refractivity contribution in [1.29, 1.82) is 0 Å². The maximum atomic E-state index is 13.1. The molecule has 4 nitrogen and oxygen atoms in total. The Bertz CT molecular complexity index is 414. The molecule has 0 aliphatic carbocycles. The average molecular weight is 237 g/mol. The first-order valence-corrected chi connectivity index (χ1v) is 5.73. The summed E-state index contributed by atoms with van der Waals surface area (Å²) in [5.41, 5.74) is 6.26. The van der Waals surface area contributed by atoms with Crippen LogP contribution in [0.3, 0.4) is 0 Å². The molecule has 0 atom stereocenters. The lowest BCUT2D eigenvalue weighted by Gasteiger charge is -2.24. The molecule has 1 saturated heterocycles. The van der Waals surface area contributed by atoms with Crippen LogP contribution in [0.1, 0.15) is 16.8 Å². The lowest BCUT2D eigenvalue weighted by Crippen LogP contribution is -2.30. The van der Waals surface area contributed by atoms with Gasteiger partial charge in [0.2, 0.25) is 0 Å². The lowest BCUT2D eigenvalue weighted by atomic mass is 10.1. The van der Waals surface area contributed by atoms with Gasteiger partial charge in [0.1, 0.15) is 5.82 Å². The average Bonchev–Trinajstić information content (AvgIpc) is 2.57. The fourth-order valence-electron chi connectivity index (χ4n) is 2.07. The largest absolute Gasteiger partial charge is 0.370 e. The molecule has 1 aromatic rings. The summed E-state index contributed by atoms with van der Waals surface area (Å²) in [6.45, 7) is 3.46. The maximum absolute atomic E-state index is 13.1. The molecule has 1 heterocycles. The molecule has 0 aromatic heterocycles. The van der Waals surface area contributed by atoms with Crippen LogP contribution < -0.4 is 16.0 Å². The van der Waals surface area contributed by atoms with Gasteiger partial charge in [-0.3, -0.25) is 4.79 Å². The van der Waals surface area contributed by atoms with Crippen LogP contribution in [0.2, 0.25) is 0 Å². The summed E-state index contributed by atoms with van der Waals surface area (Å²) >= 11 is 0. The third kappa shape index (κ3) is 2.74. The topological polar surface area (TPSA) is 58.4 Å². The standard InChI is InChI=1S/C12H16FN3O/c13-9-2-3-11(10(8-9)12(14)17)16-6-1-4-15-5-7-16/h2-3,8,15H,1,4-7H2,(H2,14,17). The molecule has 0 saturated carbocycles. The Morgan fingerprint density at radius 2 is 2.18 bits per heavy atom. The number of benzene rings is 1. The minimum atomic E-state index is -0.586. The van der Waals surface area contributed by atoms with Crippen molar-refractivity contribution in [3.8, 4) is 0 Å². The van der Waals surface area contributed by atoms with Crippen LogP contribution in [0.15, 0.2) is 18.2 Å². The Morgan fingerprint density at radius 1 is 1.35 bits per heavy atom. The molecule has 5 heteroatoms. The number of hydrogen-bond acceptors (Lipinski definition) is 3. The fourth-order valence-corrected chi connectivity index (χ4v) is 2.07. The van der Waals surface area contributed by atoms with Gasteiger partial charge in [0.05, 0.1) is 5.56 Å². The molecule has 17 heavy (non-hydrogen) atoms. The Morgan fingerprint density at radius 3 is 2.94 bits per heavy atom. The number of anilines is 1. The number of rotatable bonds is 2. The quantitative estimate of drug-likeness (QED) is 0.797. The molecule has 0 radical (unpaired) electrons. The Hall–Kier alpha value is -1.62. The van der Waals surface area contributed by atoms with Crippen molar-refractivity contribution in [2.24, 2.45) is 5.73 Å². The second kappa shape index (κ2) is 5.14. The highest BCUT2D eigenvalue weighted by Crippen LogP contribution is 2.22. The summed E-state index contributed by atoms with van der Waals surface area (Å²) in [5.74, 6) is -1.02. The molecule has 0 unspecified atom stereocenters. The van der Waals surface area contributed by atoms with E-state index in [1.165, 1.54) is 12.1 Å². The van der Waals surface area contributed by atoms with Gasteiger partial charge in [0, 0.05) is 25.3 Å². The highest BCUT2D eigenvalue weighted by Gasteiger charge is 2.16. The van der Waals surface area contributed by atoms with Gasteiger partial charge in [-0.25, -0.2) is 4.39 Å². The zero-order chi connectivity index (χ0) is 12.3.